The molecule has 1 fully saturated rings. The van der Waals surface area contributed by atoms with Gasteiger partial charge >= 0.3 is 0 Å². The van der Waals surface area contributed by atoms with E-state index in [0.29, 0.717) is 17.9 Å². The molecule has 8 heteroatoms. The fourth-order valence-electron chi connectivity index (χ4n) is 2.14. The Bertz CT molecular complexity index is 591. The van der Waals surface area contributed by atoms with Gasteiger partial charge in [0.05, 0.1) is 9.79 Å². The van der Waals surface area contributed by atoms with Crippen LogP contribution in [0.5, 0.6) is 0 Å². The van der Waals surface area contributed by atoms with E-state index in [1.54, 1.807) is 6.07 Å². The number of hydrogen-bond donors (Lipinski definition) is 1. The lowest BCUT2D eigenvalue weighted by atomic mass is 10.2. The SMILES string of the molecule is CC1(C)SCC(C(=O)Nc2cccc([N+](=O)[O-])c2)N1C=O. The molecule has 2 amide bonds. The van der Waals surface area contributed by atoms with E-state index >= 15 is 0 Å². The highest BCUT2D eigenvalue weighted by molar-refractivity contribution is 8.00. The van der Waals surface area contributed by atoms with Gasteiger partial charge in [-0.25, -0.2) is 0 Å². The van der Waals surface area contributed by atoms with Crippen molar-refractivity contribution in [1.29, 1.82) is 0 Å². The van der Waals surface area contributed by atoms with Gasteiger partial charge in [0.2, 0.25) is 12.3 Å². The lowest BCUT2D eigenvalue weighted by Crippen LogP contribution is -2.47. The smallest absolute Gasteiger partial charge is 0.271 e. The van der Waals surface area contributed by atoms with Gasteiger partial charge in [-0.1, -0.05) is 6.07 Å². The van der Waals surface area contributed by atoms with Crippen LogP contribution in [0.1, 0.15) is 13.8 Å². The number of thioether (sulfide) groups is 1. The van der Waals surface area contributed by atoms with Crippen molar-refractivity contribution >= 4 is 35.5 Å². The molecule has 1 atom stereocenters. The number of carbonyl (C=O) groups excluding carboxylic acids is 2. The van der Waals surface area contributed by atoms with Gasteiger partial charge < -0.3 is 10.2 Å². The molecule has 1 N–H and O–H groups in total. The number of nitrogens with zero attached hydrogens (tertiary/aromatic N) is 2. The van der Waals surface area contributed by atoms with E-state index < -0.39 is 15.8 Å². The Morgan fingerprint density at radius 3 is 2.90 bits per heavy atom. The third-order valence-corrected chi connectivity index (χ3v) is 4.69. The van der Waals surface area contributed by atoms with Gasteiger partial charge in [0.1, 0.15) is 6.04 Å². The minimum absolute atomic E-state index is 0.0961. The lowest BCUT2D eigenvalue weighted by molar-refractivity contribution is -0.384. The molecule has 2 rings (SSSR count). The second-order valence-corrected chi connectivity index (χ2v) is 6.70. The molecule has 0 aliphatic carbocycles. The Hall–Kier alpha value is -2.09. The molecule has 1 aromatic carbocycles. The molecule has 0 radical (unpaired) electrons. The van der Waals surface area contributed by atoms with Gasteiger partial charge in [0.25, 0.3) is 5.69 Å². The van der Waals surface area contributed by atoms with E-state index in [0.717, 1.165) is 0 Å². The average molecular weight is 309 g/mol. The Kier molecular flexibility index (Phi) is 4.17. The minimum Gasteiger partial charge on any atom is -0.324 e. The number of anilines is 1. The van der Waals surface area contributed by atoms with Crippen LogP contribution in [0, 0.1) is 10.1 Å². The zero-order valence-corrected chi connectivity index (χ0v) is 12.4. The number of non-ortho nitro benzene ring substituents is 1. The van der Waals surface area contributed by atoms with Crippen LogP contribution in [0.25, 0.3) is 0 Å². The second-order valence-electron chi connectivity index (χ2n) is 5.08. The molecular weight excluding hydrogens is 294 g/mol. The van der Waals surface area contributed by atoms with Crippen LogP contribution < -0.4 is 5.32 Å². The van der Waals surface area contributed by atoms with E-state index in [9.17, 15) is 19.7 Å². The summed E-state index contributed by atoms with van der Waals surface area (Å²) in [5.41, 5.74) is 0.246. The first-order chi connectivity index (χ1) is 9.85. The van der Waals surface area contributed by atoms with Gasteiger partial charge in [0, 0.05) is 23.6 Å². The molecule has 0 spiro atoms. The van der Waals surface area contributed by atoms with Crippen LogP contribution in [-0.4, -0.2) is 38.8 Å². The van der Waals surface area contributed by atoms with Gasteiger partial charge in [-0.05, 0) is 19.9 Å². The van der Waals surface area contributed by atoms with Crippen LogP contribution in [0.15, 0.2) is 24.3 Å². The number of nitrogens with one attached hydrogen (secondary N) is 1. The molecule has 1 saturated heterocycles. The highest BCUT2D eigenvalue weighted by Gasteiger charge is 2.42. The summed E-state index contributed by atoms with van der Waals surface area (Å²) < 4.78 is 0. The van der Waals surface area contributed by atoms with E-state index in [1.165, 1.54) is 34.9 Å². The predicted molar refractivity (Wildman–Crippen MR) is 80.0 cm³/mol. The fourth-order valence-corrected chi connectivity index (χ4v) is 3.34. The summed E-state index contributed by atoms with van der Waals surface area (Å²) in [7, 11) is 0. The van der Waals surface area contributed by atoms with Gasteiger partial charge in [0.15, 0.2) is 0 Å². The van der Waals surface area contributed by atoms with E-state index in [2.05, 4.69) is 5.32 Å². The minimum atomic E-state index is -0.582. The van der Waals surface area contributed by atoms with Crippen molar-refractivity contribution in [2.45, 2.75) is 24.8 Å². The topological polar surface area (TPSA) is 92.5 Å². The number of hydrogen-bond acceptors (Lipinski definition) is 5. The number of amides is 2. The van der Waals surface area contributed by atoms with E-state index in [1.807, 2.05) is 13.8 Å². The molecule has 112 valence electrons. The summed E-state index contributed by atoms with van der Waals surface area (Å²) in [6.07, 6.45) is 0.664. The maximum atomic E-state index is 12.3. The van der Waals surface area contributed by atoms with Crippen molar-refractivity contribution in [2.75, 3.05) is 11.1 Å². The standard InChI is InChI=1S/C13H15N3O4S/c1-13(2)15(8-17)11(7-21-13)12(18)14-9-4-3-5-10(6-9)16(19)20/h3-6,8,11H,7H2,1-2H3,(H,14,18). The number of carbonyl (C=O) groups is 2. The van der Waals surface area contributed by atoms with Crippen molar-refractivity contribution in [3.05, 3.63) is 34.4 Å². The average Bonchev–Trinajstić information content (AvgIpc) is 2.73. The molecule has 0 aromatic heterocycles. The summed E-state index contributed by atoms with van der Waals surface area (Å²) in [6, 6.07) is 5.13. The van der Waals surface area contributed by atoms with Crippen molar-refractivity contribution in [3.63, 3.8) is 0 Å². The number of nitro groups is 1. The monoisotopic (exact) mass is 309 g/mol. The molecule has 1 aromatic rings. The van der Waals surface area contributed by atoms with Gasteiger partial charge in [-0.3, -0.25) is 19.7 Å². The molecule has 1 heterocycles. The Balaban J connectivity index is 2.13. The Morgan fingerprint density at radius 2 is 2.29 bits per heavy atom. The quantitative estimate of drug-likeness (QED) is 0.520. The number of benzene rings is 1. The summed E-state index contributed by atoms with van der Waals surface area (Å²) in [4.78, 5) is 34.6. The van der Waals surface area contributed by atoms with Crippen LogP contribution in [0.2, 0.25) is 0 Å². The van der Waals surface area contributed by atoms with Crippen molar-refractivity contribution in [2.24, 2.45) is 0 Å². The van der Waals surface area contributed by atoms with Crippen molar-refractivity contribution in [3.8, 4) is 0 Å². The van der Waals surface area contributed by atoms with Crippen LogP contribution in [0.4, 0.5) is 11.4 Å². The first-order valence-corrected chi connectivity index (χ1v) is 7.27. The highest BCUT2D eigenvalue weighted by atomic mass is 32.2. The van der Waals surface area contributed by atoms with Crippen LogP contribution in [-0.2, 0) is 9.59 Å². The highest BCUT2D eigenvalue weighted by Crippen LogP contribution is 2.37. The largest absolute Gasteiger partial charge is 0.324 e. The van der Waals surface area contributed by atoms with Crippen LogP contribution in [0.3, 0.4) is 0 Å². The molecule has 1 aliphatic rings. The molecule has 7 nitrogen and oxygen atoms in total. The lowest BCUT2D eigenvalue weighted by Gasteiger charge is -2.30. The third-order valence-electron chi connectivity index (χ3n) is 3.29. The Morgan fingerprint density at radius 1 is 1.57 bits per heavy atom. The second kappa shape index (κ2) is 5.72. The maximum absolute atomic E-state index is 12.3. The normalized spacial score (nSPS) is 20.1. The molecule has 21 heavy (non-hydrogen) atoms. The number of nitro benzene ring substituents is 1. The molecule has 1 unspecified atom stereocenters. The Labute approximate surface area is 125 Å². The zero-order chi connectivity index (χ0) is 15.6. The molecule has 0 bridgehead atoms. The zero-order valence-electron chi connectivity index (χ0n) is 11.6. The van der Waals surface area contributed by atoms with Gasteiger partial charge in [-0.15, -0.1) is 11.8 Å². The molecular formula is C13H15N3O4S. The molecule has 0 saturated carbocycles. The fraction of sp³-hybridized carbons (Fsp3) is 0.385. The predicted octanol–water partition coefficient (Wildman–Crippen LogP) is 1.84. The first kappa shape index (κ1) is 15.3. The molecule has 1 aliphatic heterocycles. The summed E-state index contributed by atoms with van der Waals surface area (Å²) in [5.74, 6) is 0.146. The van der Waals surface area contributed by atoms with Crippen molar-refractivity contribution < 1.29 is 14.5 Å². The van der Waals surface area contributed by atoms with E-state index in [4.69, 9.17) is 0 Å². The van der Waals surface area contributed by atoms with Gasteiger partial charge in [-0.2, -0.15) is 0 Å². The third kappa shape index (κ3) is 3.15. The number of rotatable bonds is 4. The maximum Gasteiger partial charge on any atom is 0.271 e. The van der Waals surface area contributed by atoms with Crippen molar-refractivity contribution in [1.82, 2.24) is 4.90 Å². The summed E-state index contributed by atoms with van der Waals surface area (Å²) in [6.45, 7) is 3.74. The summed E-state index contributed by atoms with van der Waals surface area (Å²) >= 11 is 1.51. The summed E-state index contributed by atoms with van der Waals surface area (Å²) in [5, 5.41) is 13.3. The van der Waals surface area contributed by atoms with E-state index in [-0.39, 0.29) is 11.6 Å². The van der Waals surface area contributed by atoms with Crippen LogP contribution >= 0.6 is 11.8 Å². The first-order valence-electron chi connectivity index (χ1n) is 6.28.